The predicted octanol–water partition coefficient (Wildman–Crippen LogP) is 4.47. The quantitative estimate of drug-likeness (QED) is 0.534. The standard InChI is InChI=1S/C23H26N4O2S2/c28-21(24-19-10-3-7-16-6-1-2-9-18(16)19)15-31-23-26-25-22(20-11-5-13-30-20)27(23)14-17-8-4-12-29-17/h1-2,5-6,9,11,13,17,19H,3-4,7-8,10,12,14-15H2,(H,24,28). The Hall–Kier alpha value is -2.16. The van der Waals surface area contributed by atoms with Crippen LogP contribution in [0.25, 0.3) is 10.7 Å². The monoisotopic (exact) mass is 454 g/mol. The molecule has 2 atom stereocenters. The van der Waals surface area contributed by atoms with Crippen molar-refractivity contribution in [1.29, 1.82) is 0 Å². The van der Waals surface area contributed by atoms with Gasteiger partial charge in [0.2, 0.25) is 5.91 Å². The van der Waals surface area contributed by atoms with Gasteiger partial charge in [0.25, 0.3) is 0 Å². The van der Waals surface area contributed by atoms with E-state index in [-0.39, 0.29) is 18.1 Å². The van der Waals surface area contributed by atoms with Gasteiger partial charge in [-0.05, 0) is 54.7 Å². The first-order valence-electron chi connectivity index (χ1n) is 10.9. The molecule has 1 fully saturated rings. The highest BCUT2D eigenvalue weighted by molar-refractivity contribution is 7.99. The molecule has 0 radical (unpaired) electrons. The number of thioether (sulfide) groups is 1. The molecule has 6 nitrogen and oxygen atoms in total. The third-order valence-corrected chi connectivity index (χ3v) is 7.74. The number of rotatable bonds is 7. The van der Waals surface area contributed by atoms with Crippen LogP contribution in [0.15, 0.2) is 46.9 Å². The van der Waals surface area contributed by atoms with Gasteiger partial charge in [0.1, 0.15) is 0 Å². The van der Waals surface area contributed by atoms with Crippen molar-refractivity contribution in [2.75, 3.05) is 12.4 Å². The van der Waals surface area contributed by atoms with Crippen LogP contribution in [0.4, 0.5) is 0 Å². The fourth-order valence-electron chi connectivity index (χ4n) is 4.41. The molecule has 2 unspecified atom stereocenters. The maximum Gasteiger partial charge on any atom is 0.230 e. The highest BCUT2D eigenvalue weighted by Crippen LogP contribution is 2.31. The Morgan fingerprint density at radius 2 is 2.13 bits per heavy atom. The van der Waals surface area contributed by atoms with E-state index in [1.165, 1.54) is 22.9 Å². The van der Waals surface area contributed by atoms with Gasteiger partial charge >= 0.3 is 0 Å². The molecular formula is C23H26N4O2S2. The minimum Gasteiger partial charge on any atom is -0.376 e. The lowest BCUT2D eigenvalue weighted by molar-refractivity contribution is -0.119. The largest absolute Gasteiger partial charge is 0.376 e. The topological polar surface area (TPSA) is 69.0 Å². The average Bonchev–Trinajstić information content (AvgIpc) is 3.56. The third-order valence-electron chi connectivity index (χ3n) is 5.91. The van der Waals surface area contributed by atoms with Crippen molar-refractivity contribution in [2.45, 2.75) is 56.0 Å². The molecule has 1 saturated heterocycles. The van der Waals surface area contributed by atoms with E-state index < -0.39 is 0 Å². The van der Waals surface area contributed by atoms with Crippen LogP contribution < -0.4 is 5.32 Å². The second-order valence-corrected chi connectivity index (χ2v) is 9.92. The smallest absolute Gasteiger partial charge is 0.230 e. The van der Waals surface area contributed by atoms with Gasteiger partial charge in [-0.3, -0.25) is 9.36 Å². The molecule has 31 heavy (non-hydrogen) atoms. The number of benzene rings is 1. The summed E-state index contributed by atoms with van der Waals surface area (Å²) in [5, 5.41) is 14.9. The van der Waals surface area contributed by atoms with Gasteiger partial charge in [-0.2, -0.15) is 0 Å². The predicted molar refractivity (Wildman–Crippen MR) is 123 cm³/mol. The van der Waals surface area contributed by atoms with Crippen molar-refractivity contribution in [3.63, 3.8) is 0 Å². The number of carbonyl (C=O) groups excluding carboxylic acids is 1. The Kier molecular flexibility index (Phi) is 6.38. The van der Waals surface area contributed by atoms with Gasteiger partial charge in [-0.15, -0.1) is 21.5 Å². The molecule has 2 aromatic heterocycles. The second-order valence-electron chi connectivity index (χ2n) is 8.03. The van der Waals surface area contributed by atoms with E-state index in [9.17, 15) is 4.79 Å². The summed E-state index contributed by atoms with van der Waals surface area (Å²) >= 11 is 3.10. The van der Waals surface area contributed by atoms with Crippen LogP contribution in [-0.2, 0) is 22.5 Å². The average molecular weight is 455 g/mol. The Morgan fingerprint density at radius 3 is 2.97 bits per heavy atom. The summed E-state index contributed by atoms with van der Waals surface area (Å²) < 4.78 is 7.97. The van der Waals surface area contributed by atoms with Crippen LogP contribution in [0.1, 0.15) is 42.9 Å². The maximum absolute atomic E-state index is 12.8. The molecule has 5 rings (SSSR count). The van der Waals surface area contributed by atoms with E-state index in [2.05, 4.69) is 50.4 Å². The second kappa shape index (κ2) is 9.54. The van der Waals surface area contributed by atoms with Crippen molar-refractivity contribution in [3.05, 3.63) is 52.9 Å². The maximum atomic E-state index is 12.8. The molecule has 1 aromatic carbocycles. The lowest BCUT2D eigenvalue weighted by atomic mass is 9.88. The molecular weight excluding hydrogens is 428 g/mol. The summed E-state index contributed by atoms with van der Waals surface area (Å²) in [4.78, 5) is 13.9. The first kappa shape index (κ1) is 20.7. The Balaban J connectivity index is 1.27. The number of hydrogen-bond donors (Lipinski definition) is 1. The zero-order valence-corrected chi connectivity index (χ0v) is 19.0. The number of aryl methyl sites for hydroxylation is 1. The van der Waals surface area contributed by atoms with Crippen molar-refractivity contribution >= 4 is 29.0 Å². The van der Waals surface area contributed by atoms with Crippen molar-refractivity contribution in [3.8, 4) is 10.7 Å². The van der Waals surface area contributed by atoms with Gasteiger partial charge in [0, 0.05) is 6.61 Å². The number of aromatic nitrogens is 3. The molecule has 1 aliphatic heterocycles. The molecule has 1 aliphatic carbocycles. The summed E-state index contributed by atoms with van der Waals surface area (Å²) in [6.07, 6.45) is 5.51. The molecule has 1 amide bonds. The number of nitrogens with zero attached hydrogens (tertiary/aromatic N) is 3. The Morgan fingerprint density at radius 1 is 1.19 bits per heavy atom. The Labute approximate surface area is 190 Å². The number of nitrogens with one attached hydrogen (secondary N) is 1. The van der Waals surface area contributed by atoms with Crippen molar-refractivity contribution in [1.82, 2.24) is 20.1 Å². The molecule has 162 valence electrons. The summed E-state index contributed by atoms with van der Waals surface area (Å²) in [6.45, 7) is 1.54. The van der Waals surface area contributed by atoms with E-state index in [4.69, 9.17) is 4.74 Å². The van der Waals surface area contributed by atoms with Crippen molar-refractivity contribution < 1.29 is 9.53 Å². The first-order valence-corrected chi connectivity index (χ1v) is 12.7. The van der Waals surface area contributed by atoms with Gasteiger partial charge in [-0.25, -0.2) is 0 Å². The molecule has 2 aliphatic rings. The number of amides is 1. The molecule has 1 N–H and O–H groups in total. The van der Waals surface area contributed by atoms with Gasteiger partial charge < -0.3 is 10.1 Å². The van der Waals surface area contributed by atoms with E-state index in [1.54, 1.807) is 11.3 Å². The molecule has 0 spiro atoms. The van der Waals surface area contributed by atoms with Crippen LogP contribution in [0, 0.1) is 0 Å². The molecule has 8 heteroatoms. The highest BCUT2D eigenvalue weighted by Gasteiger charge is 2.24. The molecule has 3 heterocycles. The minimum atomic E-state index is 0.0380. The SMILES string of the molecule is O=C(CSc1nnc(-c2cccs2)n1CC1CCCO1)NC1CCCc2ccccc21. The van der Waals surface area contributed by atoms with Crippen LogP contribution in [0.3, 0.4) is 0 Å². The lowest BCUT2D eigenvalue weighted by Gasteiger charge is -2.26. The first-order chi connectivity index (χ1) is 15.3. The summed E-state index contributed by atoms with van der Waals surface area (Å²) in [6, 6.07) is 12.6. The van der Waals surface area contributed by atoms with E-state index in [1.807, 2.05) is 11.4 Å². The molecule has 0 saturated carbocycles. The number of thiophene rings is 1. The number of ether oxygens (including phenoxy) is 1. The number of hydrogen-bond acceptors (Lipinski definition) is 6. The van der Waals surface area contributed by atoms with Crippen molar-refractivity contribution in [2.24, 2.45) is 0 Å². The zero-order valence-electron chi connectivity index (χ0n) is 17.3. The van der Waals surface area contributed by atoms with Gasteiger partial charge in [0.05, 0.1) is 29.3 Å². The Bertz CT molecular complexity index is 1030. The molecule has 3 aromatic rings. The number of carbonyl (C=O) groups is 1. The van der Waals surface area contributed by atoms with Gasteiger partial charge in [0.15, 0.2) is 11.0 Å². The third kappa shape index (κ3) is 4.71. The zero-order chi connectivity index (χ0) is 21.0. The van der Waals surface area contributed by atoms with Crippen LogP contribution in [0.5, 0.6) is 0 Å². The van der Waals surface area contributed by atoms with E-state index in [0.717, 1.165) is 61.1 Å². The normalized spacial score (nSPS) is 20.5. The minimum absolute atomic E-state index is 0.0380. The highest BCUT2D eigenvalue weighted by atomic mass is 32.2. The van der Waals surface area contributed by atoms with Gasteiger partial charge in [-0.1, -0.05) is 42.1 Å². The molecule has 0 bridgehead atoms. The van der Waals surface area contributed by atoms with Crippen LogP contribution in [-0.4, -0.2) is 39.1 Å². The lowest BCUT2D eigenvalue weighted by Crippen LogP contribution is -2.32. The fraction of sp³-hybridized carbons (Fsp3) is 0.435. The summed E-state index contributed by atoms with van der Waals surface area (Å²) in [7, 11) is 0. The van der Waals surface area contributed by atoms with E-state index in [0.29, 0.717) is 5.75 Å². The van der Waals surface area contributed by atoms with Crippen LogP contribution in [0.2, 0.25) is 0 Å². The summed E-state index contributed by atoms with van der Waals surface area (Å²) in [5.74, 6) is 1.22. The fourth-order valence-corrected chi connectivity index (χ4v) is 5.89. The number of fused-ring (bicyclic) bond motifs is 1. The van der Waals surface area contributed by atoms with E-state index >= 15 is 0 Å². The summed E-state index contributed by atoms with van der Waals surface area (Å²) in [5.41, 5.74) is 2.61. The van der Waals surface area contributed by atoms with Crippen LogP contribution >= 0.6 is 23.1 Å².